The molecule has 172 valence electrons. The highest BCUT2D eigenvalue weighted by molar-refractivity contribution is 5.69. The molecule has 1 unspecified atom stereocenters. The van der Waals surface area contributed by atoms with Crippen LogP contribution in [0.3, 0.4) is 0 Å². The Balaban J connectivity index is 2.00. The standard InChI is InChI=1S/C22H42O7/c1-2-3-4-5-6-7-8-9-10-11-12-13-14-15-18(24)29-21-20(26)19(25)17(16-23)28-22(21)27/h17,19-23,25-27H,2-16H2,1H3/t17-,19-,20+,21-,22?/m1/s1. The van der Waals surface area contributed by atoms with Crippen LogP contribution in [-0.4, -0.2) is 63.7 Å². The van der Waals surface area contributed by atoms with Crippen molar-refractivity contribution >= 4 is 5.97 Å². The van der Waals surface area contributed by atoms with E-state index in [0.717, 1.165) is 12.8 Å². The SMILES string of the molecule is CCCCCCCCCCCCCCCC(=O)O[C@H]1C(O)O[C@H](CO)[C@@H](O)[C@@H]1O. The summed E-state index contributed by atoms with van der Waals surface area (Å²) in [5.74, 6) is -0.533. The van der Waals surface area contributed by atoms with Gasteiger partial charge in [0.2, 0.25) is 0 Å². The minimum Gasteiger partial charge on any atom is -0.454 e. The van der Waals surface area contributed by atoms with E-state index < -0.39 is 43.3 Å². The van der Waals surface area contributed by atoms with Gasteiger partial charge in [0.25, 0.3) is 0 Å². The van der Waals surface area contributed by atoms with Gasteiger partial charge in [-0.2, -0.15) is 0 Å². The third-order valence-electron chi connectivity index (χ3n) is 5.59. The average Bonchev–Trinajstić information content (AvgIpc) is 2.71. The Morgan fingerprint density at radius 2 is 1.28 bits per heavy atom. The van der Waals surface area contributed by atoms with Crippen LogP contribution in [0, 0.1) is 0 Å². The Kier molecular flexibility index (Phi) is 14.5. The molecule has 1 aliphatic rings. The Hall–Kier alpha value is -0.730. The summed E-state index contributed by atoms with van der Waals surface area (Å²) >= 11 is 0. The number of esters is 1. The summed E-state index contributed by atoms with van der Waals surface area (Å²) in [6, 6.07) is 0. The molecule has 0 aromatic carbocycles. The number of ether oxygens (including phenoxy) is 2. The summed E-state index contributed by atoms with van der Waals surface area (Å²) in [6.45, 7) is 1.69. The maximum Gasteiger partial charge on any atom is 0.306 e. The van der Waals surface area contributed by atoms with Gasteiger partial charge in [-0.1, -0.05) is 84.0 Å². The molecular weight excluding hydrogens is 376 g/mol. The van der Waals surface area contributed by atoms with Crippen LogP contribution in [0.2, 0.25) is 0 Å². The largest absolute Gasteiger partial charge is 0.454 e. The minimum atomic E-state index is -1.57. The molecule has 0 aliphatic carbocycles. The molecule has 1 saturated heterocycles. The summed E-state index contributed by atoms with van der Waals surface area (Å²) < 4.78 is 10.1. The Labute approximate surface area is 175 Å². The van der Waals surface area contributed by atoms with Crippen LogP contribution in [0.15, 0.2) is 0 Å². The van der Waals surface area contributed by atoms with Gasteiger partial charge in [-0.15, -0.1) is 0 Å². The number of rotatable bonds is 16. The van der Waals surface area contributed by atoms with Crippen LogP contribution in [-0.2, 0) is 14.3 Å². The molecule has 0 aromatic heterocycles. The van der Waals surface area contributed by atoms with Crippen molar-refractivity contribution in [1.82, 2.24) is 0 Å². The van der Waals surface area contributed by atoms with Crippen molar-refractivity contribution in [3.8, 4) is 0 Å². The molecule has 0 spiro atoms. The fraction of sp³-hybridized carbons (Fsp3) is 0.955. The Bertz CT molecular complexity index is 418. The van der Waals surface area contributed by atoms with E-state index in [1.165, 1.54) is 64.2 Å². The van der Waals surface area contributed by atoms with Gasteiger partial charge in [-0.3, -0.25) is 4.79 Å². The number of hydrogen-bond donors (Lipinski definition) is 4. The van der Waals surface area contributed by atoms with Crippen molar-refractivity contribution in [2.45, 2.75) is 128 Å². The van der Waals surface area contributed by atoms with E-state index >= 15 is 0 Å². The van der Waals surface area contributed by atoms with E-state index in [0.29, 0.717) is 6.42 Å². The van der Waals surface area contributed by atoms with Crippen molar-refractivity contribution in [2.75, 3.05) is 6.61 Å². The fourth-order valence-corrected chi connectivity index (χ4v) is 3.70. The molecule has 4 N–H and O–H groups in total. The fourth-order valence-electron chi connectivity index (χ4n) is 3.70. The molecule has 1 fully saturated rings. The first-order valence-corrected chi connectivity index (χ1v) is 11.5. The lowest BCUT2D eigenvalue weighted by Gasteiger charge is -2.39. The molecule has 7 heteroatoms. The predicted octanol–water partition coefficient (Wildman–Crippen LogP) is 2.81. The number of aliphatic hydroxyl groups excluding tert-OH is 4. The number of unbranched alkanes of at least 4 members (excludes halogenated alkanes) is 12. The molecule has 29 heavy (non-hydrogen) atoms. The summed E-state index contributed by atoms with van der Waals surface area (Å²) in [5.41, 5.74) is 0. The van der Waals surface area contributed by atoms with E-state index in [2.05, 4.69) is 6.92 Å². The molecular formula is C22H42O7. The summed E-state index contributed by atoms with van der Waals surface area (Å²) in [7, 11) is 0. The third-order valence-corrected chi connectivity index (χ3v) is 5.59. The van der Waals surface area contributed by atoms with Gasteiger partial charge in [-0.25, -0.2) is 0 Å². The van der Waals surface area contributed by atoms with Crippen LogP contribution >= 0.6 is 0 Å². The molecule has 0 aromatic rings. The molecule has 7 nitrogen and oxygen atoms in total. The van der Waals surface area contributed by atoms with E-state index in [-0.39, 0.29) is 6.42 Å². The lowest BCUT2D eigenvalue weighted by atomic mass is 9.99. The molecule has 1 aliphatic heterocycles. The highest BCUT2D eigenvalue weighted by Crippen LogP contribution is 2.23. The number of carbonyl (C=O) groups excluding carboxylic acids is 1. The first-order valence-electron chi connectivity index (χ1n) is 11.5. The van der Waals surface area contributed by atoms with Crippen LogP contribution < -0.4 is 0 Å². The van der Waals surface area contributed by atoms with Crippen molar-refractivity contribution < 1.29 is 34.7 Å². The lowest BCUT2D eigenvalue weighted by molar-refractivity contribution is -0.290. The lowest BCUT2D eigenvalue weighted by Crippen LogP contribution is -2.59. The number of hydrogen-bond acceptors (Lipinski definition) is 7. The van der Waals surface area contributed by atoms with Crippen molar-refractivity contribution in [3.05, 3.63) is 0 Å². The maximum atomic E-state index is 11.9. The van der Waals surface area contributed by atoms with Crippen LogP contribution in [0.5, 0.6) is 0 Å². The zero-order valence-corrected chi connectivity index (χ0v) is 18.0. The topological polar surface area (TPSA) is 116 Å². The second kappa shape index (κ2) is 16.0. The zero-order chi connectivity index (χ0) is 21.5. The molecule has 1 heterocycles. The zero-order valence-electron chi connectivity index (χ0n) is 18.0. The van der Waals surface area contributed by atoms with Gasteiger partial charge in [0.05, 0.1) is 6.61 Å². The molecule has 0 saturated carbocycles. The smallest absolute Gasteiger partial charge is 0.306 e. The highest BCUT2D eigenvalue weighted by Gasteiger charge is 2.45. The van der Waals surface area contributed by atoms with Crippen LogP contribution in [0.4, 0.5) is 0 Å². The first kappa shape index (κ1) is 26.3. The van der Waals surface area contributed by atoms with Gasteiger partial charge < -0.3 is 29.9 Å². The van der Waals surface area contributed by atoms with E-state index in [1.807, 2.05) is 0 Å². The number of carbonyl (C=O) groups is 1. The van der Waals surface area contributed by atoms with Crippen LogP contribution in [0.1, 0.15) is 96.8 Å². The summed E-state index contributed by atoms with van der Waals surface area (Å²) in [5, 5.41) is 38.6. The van der Waals surface area contributed by atoms with Gasteiger partial charge in [0.15, 0.2) is 12.4 Å². The average molecular weight is 419 g/mol. The Morgan fingerprint density at radius 1 is 0.793 bits per heavy atom. The summed E-state index contributed by atoms with van der Waals surface area (Å²) in [4.78, 5) is 11.9. The first-order chi connectivity index (χ1) is 14.0. The van der Waals surface area contributed by atoms with E-state index in [1.54, 1.807) is 0 Å². The third kappa shape index (κ3) is 10.7. The van der Waals surface area contributed by atoms with E-state index in [9.17, 15) is 20.1 Å². The predicted molar refractivity (Wildman–Crippen MR) is 110 cm³/mol. The molecule has 0 amide bonds. The second-order valence-corrected chi connectivity index (χ2v) is 8.18. The van der Waals surface area contributed by atoms with Crippen molar-refractivity contribution in [1.29, 1.82) is 0 Å². The normalized spacial score (nSPS) is 27.1. The van der Waals surface area contributed by atoms with Crippen molar-refractivity contribution in [3.63, 3.8) is 0 Å². The molecule has 0 bridgehead atoms. The molecule has 0 radical (unpaired) electrons. The molecule has 5 atom stereocenters. The maximum absolute atomic E-state index is 11.9. The van der Waals surface area contributed by atoms with Crippen molar-refractivity contribution in [2.24, 2.45) is 0 Å². The Morgan fingerprint density at radius 3 is 1.76 bits per heavy atom. The van der Waals surface area contributed by atoms with Gasteiger partial charge in [0.1, 0.15) is 18.3 Å². The monoisotopic (exact) mass is 418 g/mol. The molecule has 1 rings (SSSR count). The highest BCUT2D eigenvalue weighted by atomic mass is 16.7. The summed E-state index contributed by atoms with van der Waals surface area (Å²) in [6.07, 6.45) is 9.08. The van der Waals surface area contributed by atoms with Crippen LogP contribution in [0.25, 0.3) is 0 Å². The van der Waals surface area contributed by atoms with E-state index in [4.69, 9.17) is 14.6 Å². The second-order valence-electron chi connectivity index (χ2n) is 8.18. The quantitative estimate of drug-likeness (QED) is 0.225. The van der Waals surface area contributed by atoms with Gasteiger partial charge in [0, 0.05) is 6.42 Å². The number of aliphatic hydroxyl groups is 4. The minimum absolute atomic E-state index is 0.202. The van der Waals surface area contributed by atoms with Gasteiger partial charge >= 0.3 is 5.97 Å². The van der Waals surface area contributed by atoms with Gasteiger partial charge in [-0.05, 0) is 6.42 Å².